The molecule has 5 aromatic heterocycles. The van der Waals surface area contributed by atoms with E-state index < -0.39 is 0 Å². The summed E-state index contributed by atoms with van der Waals surface area (Å²) in [5.74, 6) is 0.0227. The zero-order valence-corrected chi connectivity index (χ0v) is 69.2. The Morgan fingerprint density at radius 3 is 1.16 bits per heavy atom. The lowest BCUT2D eigenvalue weighted by atomic mass is 9.33. The van der Waals surface area contributed by atoms with Crippen LogP contribution in [0.3, 0.4) is 0 Å². The Labute approximate surface area is 707 Å². The summed E-state index contributed by atoms with van der Waals surface area (Å²) in [7, 11) is 0. The minimum Gasteiger partial charge on any atom is -0.310 e. The molecule has 0 saturated carbocycles. The van der Waals surface area contributed by atoms with Crippen molar-refractivity contribution in [3.8, 4) is 55.9 Å². The van der Waals surface area contributed by atoms with Crippen molar-refractivity contribution in [2.45, 2.75) is 34.1 Å². The van der Waals surface area contributed by atoms with Crippen LogP contribution in [0.2, 0.25) is 0 Å². The van der Waals surface area contributed by atoms with Crippen LogP contribution in [0.25, 0.3) is 166 Å². The van der Waals surface area contributed by atoms with Crippen LogP contribution in [0.5, 0.6) is 0 Å². The molecule has 1 atom stereocenters. The highest BCUT2D eigenvalue weighted by Gasteiger charge is 2.47. The molecule has 9 heteroatoms. The predicted molar refractivity (Wildman–Crippen MR) is 521 cm³/mol. The Hall–Kier alpha value is -13.2. The fourth-order valence-electron chi connectivity index (χ4n) is 20.3. The third kappa shape index (κ3) is 10.8. The first-order chi connectivity index (χ1) is 58.6. The van der Waals surface area contributed by atoms with Crippen LogP contribution in [-0.4, -0.2) is 15.8 Å². The van der Waals surface area contributed by atoms with Crippen molar-refractivity contribution in [3.05, 3.63) is 385 Å². The summed E-state index contributed by atoms with van der Waals surface area (Å²) < 4.78 is 12.6. The summed E-state index contributed by atoms with van der Waals surface area (Å²) in [6, 6.07) is 124. The molecule has 119 heavy (non-hydrogen) atoms. The maximum absolute atomic E-state index is 4.84. The van der Waals surface area contributed by atoms with E-state index in [0.29, 0.717) is 0 Å². The van der Waals surface area contributed by atoms with Crippen LogP contribution >= 0.6 is 46.6 Å². The quantitative estimate of drug-likeness (QED) is 0.0789. The molecule has 24 rings (SSSR count). The fraction of sp³-hybridized carbons (Fsp3) is 0.0545. The minimum atomic E-state index is -0.314. The van der Waals surface area contributed by atoms with Crippen molar-refractivity contribution in [2.24, 2.45) is 5.92 Å². The smallest absolute Gasteiger partial charge is 0.252 e. The maximum Gasteiger partial charge on any atom is 0.252 e. The van der Waals surface area contributed by atoms with Crippen LogP contribution in [-0.2, 0) is 0 Å². The van der Waals surface area contributed by atoms with Gasteiger partial charge in [0.25, 0.3) is 6.71 Å². The van der Waals surface area contributed by atoms with E-state index in [1.165, 1.54) is 143 Å². The van der Waals surface area contributed by atoms with Gasteiger partial charge in [0, 0.05) is 161 Å². The topological polar surface area (TPSA) is 16.3 Å². The molecule has 0 saturated heterocycles. The molecule has 7 heterocycles. The van der Waals surface area contributed by atoms with Gasteiger partial charge in [-0.15, -0.1) is 46.6 Å². The molecule has 21 aromatic rings. The highest BCUT2D eigenvalue weighted by atomic mass is 32.1. The van der Waals surface area contributed by atoms with Gasteiger partial charge < -0.3 is 18.9 Å². The standard InChI is InChI=1S/C110H75BN4S4/c1-65-59-70(60-66(2)68(65)4)71-61-100-105-101(62-71)115(107-84(90-46-25-43-87-80-36-12-19-53-103(80)118-109(87)90)40-23-41-85(107)91-47-26-44-88-81-37-13-20-54-104(81)119-110(88)91)99-64-73(113-96-50-16-9-33-77(96)78-34-10-17-51-97(78)113)56-58-93(99)111(105)92-57-55-72(112-94-48-14-7-31-75(94)76-32-8-15-49-95(76)112)63-98(92)114(100)106-82(74-30-6-5-28-69(74)29-21-27-67(3)116)38-22-39-83(106)89-45-24-42-86-79-35-11-18-52-102(79)117-108(86)89/h5-27,29-64,69,116H,28H2,1-4H3/b29-21?,67-27+. The Bertz CT molecular complexity index is 7820. The molecule has 1 unspecified atom stereocenters. The van der Waals surface area contributed by atoms with Crippen molar-refractivity contribution in [2.75, 3.05) is 9.80 Å². The van der Waals surface area contributed by atoms with Gasteiger partial charge in [-0.3, -0.25) is 0 Å². The molecule has 4 nitrogen and oxygen atoms in total. The average Bonchev–Trinajstić information content (AvgIpc) is 1.28. The molecule has 3 aliphatic rings. The summed E-state index contributed by atoms with van der Waals surface area (Å²) in [5, 5.41) is 12.4. The van der Waals surface area contributed by atoms with Crippen LogP contribution in [0.4, 0.5) is 34.1 Å². The zero-order valence-electron chi connectivity index (χ0n) is 65.9. The molecule has 0 spiro atoms. The van der Waals surface area contributed by atoms with E-state index in [1.54, 1.807) is 0 Å². The van der Waals surface area contributed by atoms with Crippen LogP contribution < -0.4 is 26.2 Å². The second-order valence-electron chi connectivity index (χ2n) is 32.3. The highest BCUT2D eigenvalue weighted by Crippen LogP contribution is 2.58. The minimum absolute atomic E-state index is 0.0227. The molecule has 0 bridgehead atoms. The molecular weight excluding hydrogens is 1520 g/mol. The molecule has 562 valence electrons. The first-order valence-electron chi connectivity index (χ1n) is 41.1. The number of para-hydroxylation sites is 6. The Morgan fingerprint density at radius 2 is 0.731 bits per heavy atom. The number of hydrogen-bond acceptors (Lipinski definition) is 6. The summed E-state index contributed by atoms with van der Waals surface area (Å²) in [4.78, 5) is 6.53. The Balaban J connectivity index is 0.896. The van der Waals surface area contributed by atoms with Gasteiger partial charge in [0.15, 0.2) is 0 Å². The molecule has 0 amide bonds. The molecule has 0 fully saturated rings. The lowest BCUT2D eigenvalue weighted by Crippen LogP contribution is -2.61. The van der Waals surface area contributed by atoms with E-state index in [-0.39, 0.29) is 12.6 Å². The second kappa shape index (κ2) is 27.4. The van der Waals surface area contributed by atoms with E-state index in [1.807, 2.05) is 34.0 Å². The Morgan fingerprint density at radius 1 is 0.370 bits per heavy atom. The molecule has 0 radical (unpaired) electrons. The van der Waals surface area contributed by atoms with Gasteiger partial charge in [0.05, 0.1) is 33.4 Å². The lowest BCUT2D eigenvalue weighted by molar-refractivity contribution is 0.844. The van der Waals surface area contributed by atoms with Crippen LogP contribution in [0, 0.1) is 26.7 Å². The molecular formula is C110H75BN4S4. The number of allylic oxidation sites excluding steroid dienone is 8. The van der Waals surface area contributed by atoms with Crippen molar-refractivity contribution >= 4 is 214 Å². The number of nitrogens with zero attached hydrogens (tertiary/aromatic N) is 4. The number of fused-ring (bicyclic) bond motifs is 19. The van der Waals surface area contributed by atoms with E-state index in [4.69, 9.17) is 12.6 Å². The molecule has 0 N–H and O–H groups in total. The van der Waals surface area contributed by atoms with E-state index in [2.05, 4.69) is 405 Å². The first kappa shape index (κ1) is 70.0. The summed E-state index contributed by atoms with van der Waals surface area (Å²) >= 11 is 10.5. The van der Waals surface area contributed by atoms with E-state index >= 15 is 0 Å². The first-order valence-corrected chi connectivity index (χ1v) is 44.0. The predicted octanol–water partition coefficient (Wildman–Crippen LogP) is 30.0. The molecule has 2 aliphatic heterocycles. The van der Waals surface area contributed by atoms with Gasteiger partial charge in [0.1, 0.15) is 0 Å². The normalized spacial score (nSPS) is 14.1. The van der Waals surface area contributed by atoms with Gasteiger partial charge in [0.2, 0.25) is 0 Å². The number of thiol groups is 1. The third-order valence-corrected chi connectivity index (χ3v) is 29.6. The van der Waals surface area contributed by atoms with Gasteiger partial charge in [-0.05, 0) is 168 Å². The molecule has 16 aromatic carbocycles. The number of hydrogen-bond donors (Lipinski definition) is 1. The highest BCUT2D eigenvalue weighted by molar-refractivity contribution is 7.84. The van der Waals surface area contributed by atoms with Crippen molar-refractivity contribution < 1.29 is 0 Å². The zero-order chi connectivity index (χ0) is 79.0. The van der Waals surface area contributed by atoms with Gasteiger partial charge in [-0.25, -0.2) is 0 Å². The Kier molecular flexibility index (Phi) is 16.1. The van der Waals surface area contributed by atoms with Gasteiger partial charge >= 0.3 is 0 Å². The number of benzene rings is 16. The van der Waals surface area contributed by atoms with Gasteiger partial charge in [-0.2, -0.15) is 0 Å². The van der Waals surface area contributed by atoms with Crippen LogP contribution in [0.1, 0.15) is 35.6 Å². The van der Waals surface area contributed by atoms with Crippen molar-refractivity contribution in [1.29, 1.82) is 0 Å². The number of anilines is 6. The average molecular weight is 1590 g/mol. The summed E-state index contributed by atoms with van der Waals surface area (Å²) in [5.41, 5.74) is 32.7. The number of rotatable bonds is 11. The van der Waals surface area contributed by atoms with Crippen molar-refractivity contribution in [3.63, 3.8) is 0 Å². The maximum atomic E-state index is 4.84. The number of aromatic nitrogens is 2. The van der Waals surface area contributed by atoms with E-state index in [9.17, 15) is 0 Å². The summed E-state index contributed by atoms with van der Waals surface area (Å²) in [6.07, 6.45) is 14.6. The van der Waals surface area contributed by atoms with Crippen LogP contribution in [0.15, 0.2) is 363 Å². The largest absolute Gasteiger partial charge is 0.310 e. The number of thiophene rings is 3. The van der Waals surface area contributed by atoms with Crippen molar-refractivity contribution in [1.82, 2.24) is 9.13 Å². The molecule has 1 aliphatic carbocycles. The second-order valence-corrected chi connectivity index (χ2v) is 36.2. The lowest BCUT2D eigenvalue weighted by Gasteiger charge is -2.46. The monoisotopic (exact) mass is 1590 g/mol. The summed E-state index contributed by atoms with van der Waals surface area (Å²) in [6.45, 7) is 8.63. The SMILES string of the molecule is C/C(S)=C\C=CC1CC=CC=C1c1cccc(-c2cccc3c2sc2ccccc23)c1N1c2cc(-n3c4ccccc4c4ccccc43)ccc2B2c3ccc(-n4c5ccccc5c5ccccc54)cc3N(c3c(-c4cccc5c4sc4ccccc45)cccc3-c3cccc4c3sc3ccccc34)c3cc(-c4cc(C)c(C)c(C)c4)cc1c32. The fourth-order valence-corrected chi connectivity index (χ4v) is 24.1. The third-order valence-electron chi connectivity index (χ3n) is 25.8. The van der Waals surface area contributed by atoms with E-state index in [0.717, 1.165) is 107 Å². The van der Waals surface area contributed by atoms with Gasteiger partial charge in [-0.1, -0.05) is 279 Å². The number of aryl methyl sites for hydroxylation is 2.